The molecule has 3 N–H and O–H groups in total. The molecule has 190 valence electrons. The van der Waals surface area contributed by atoms with Gasteiger partial charge in [0.15, 0.2) is 16.9 Å². The first-order chi connectivity index (χ1) is 17.8. The summed E-state index contributed by atoms with van der Waals surface area (Å²) in [5.41, 5.74) is 0.620. The van der Waals surface area contributed by atoms with E-state index in [0.29, 0.717) is 24.2 Å². The van der Waals surface area contributed by atoms with Gasteiger partial charge < -0.3 is 29.5 Å². The lowest BCUT2D eigenvalue weighted by molar-refractivity contribution is -0.133. The van der Waals surface area contributed by atoms with Gasteiger partial charge in [-0.2, -0.15) is 0 Å². The molecule has 1 amide bonds. The van der Waals surface area contributed by atoms with Crippen molar-refractivity contribution < 1.29 is 24.5 Å². The number of aromatic hydroxyl groups is 3. The predicted molar refractivity (Wildman–Crippen MR) is 138 cm³/mol. The third kappa shape index (κ3) is 4.61. The highest BCUT2D eigenvalue weighted by Gasteiger charge is 2.32. The molecule has 1 aliphatic rings. The van der Waals surface area contributed by atoms with E-state index in [9.17, 15) is 24.9 Å². The molecule has 37 heavy (non-hydrogen) atoms. The van der Waals surface area contributed by atoms with Gasteiger partial charge in [0.2, 0.25) is 11.7 Å². The van der Waals surface area contributed by atoms with Crippen molar-refractivity contribution in [1.82, 2.24) is 14.8 Å². The molecule has 5 rings (SSSR count). The Morgan fingerprint density at radius 1 is 0.973 bits per heavy atom. The maximum absolute atomic E-state index is 13.4. The van der Waals surface area contributed by atoms with Gasteiger partial charge in [0.05, 0.1) is 0 Å². The molecule has 2 aromatic carbocycles. The topological polar surface area (TPSA) is 127 Å². The van der Waals surface area contributed by atoms with Crippen molar-refractivity contribution in [3.8, 4) is 28.6 Å². The van der Waals surface area contributed by atoms with Gasteiger partial charge in [-0.25, -0.2) is 0 Å². The smallest absolute Gasteiger partial charge is 0.223 e. The van der Waals surface area contributed by atoms with Crippen LogP contribution in [0.15, 0.2) is 70.1 Å². The van der Waals surface area contributed by atoms with E-state index in [0.717, 1.165) is 13.1 Å². The zero-order chi connectivity index (χ0) is 26.1. The van der Waals surface area contributed by atoms with Crippen LogP contribution in [-0.2, 0) is 4.79 Å². The lowest BCUT2D eigenvalue weighted by atomic mass is 9.86. The fourth-order valence-electron chi connectivity index (χ4n) is 4.78. The fourth-order valence-corrected chi connectivity index (χ4v) is 4.78. The van der Waals surface area contributed by atoms with Crippen molar-refractivity contribution in [2.24, 2.45) is 0 Å². The van der Waals surface area contributed by atoms with E-state index in [1.54, 1.807) is 53.7 Å². The van der Waals surface area contributed by atoms with Crippen LogP contribution in [0.5, 0.6) is 17.2 Å². The summed E-state index contributed by atoms with van der Waals surface area (Å²) in [4.78, 5) is 34.5. The average Bonchev–Trinajstić information content (AvgIpc) is 2.92. The number of benzene rings is 2. The van der Waals surface area contributed by atoms with Crippen molar-refractivity contribution in [1.29, 1.82) is 0 Å². The highest BCUT2D eigenvalue weighted by molar-refractivity contribution is 5.94. The van der Waals surface area contributed by atoms with Gasteiger partial charge in [0.1, 0.15) is 16.7 Å². The minimum atomic E-state index is -0.839. The van der Waals surface area contributed by atoms with Crippen LogP contribution >= 0.6 is 0 Å². The number of hydrogen-bond acceptors (Lipinski definition) is 8. The fraction of sp³-hybridized carbons (Fsp3) is 0.250. The SMILES string of the molecule is CN1CCN(C(=O)C[C@@H](c2ccncc2)c2c(O)c(O)c(O)c3c(=O)cc(-c4ccccc4)oc23)CC1. The Bertz CT molecular complexity index is 1500. The number of likely N-dealkylation sites (N-methyl/N-ethyl adjacent to an activating group) is 1. The molecule has 0 spiro atoms. The Kier molecular flexibility index (Phi) is 6.54. The van der Waals surface area contributed by atoms with Crippen molar-refractivity contribution in [3.05, 3.63) is 82.3 Å². The van der Waals surface area contributed by atoms with E-state index in [-0.39, 0.29) is 34.6 Å². The lowest BCUT2D eigenvalue weighted by Crippen LogP contribution is -2.47. The molecule has 0 radical (unpaired) electrons. The summed E-state index contributed by atoms with van der Waals surface area (Å²) in [6, 6.07) is 13.6. The molecule has 1 atom stereocenters. The Hall–Kier alpha value is -4.37. The number of carbonyl (C=O) groups is 1. The molecule has 1 aliphatic heterocycles. The Labute approximate surface area is 212 Å². The van der Waals surface area contributed by atoms with Crippen LogP contribution in [0.3, 0.4) is 0 Å². The number of rotatable bonds is 5. The first-order valence-electron chi connectivity index (χ1n) is 12.0. The maximum Gasteiger partial charge on any atom is 0.223 e. The summed E-state index contributed by atoms with van der Waals surface area (Å²) in [5.74, 6) is -2.97. The second-order valence-electron chi connectivity index (χ2n) is 9.23. The molecule has 0 aliphatic carbocycles. The Morgan fingerprint density at radius 2 is 1.65 bits per heavy atom. The van der Waals surface area contributed by atoms with Crippen molar-refractivity contribution in [3.63, 3.8) is 0 Å². The van der Waals surface area contributed by atoms with E-state index < -0.39 is 28.6 Å². The van der Waals surface area contributed by atoms with Gasteiger partial charge in [0.25, 0.3) is 0 Å². The molecular weight excluding hydrogens is 474 g/mol. The van der Waals surface area contributed by atoms with E-state index in [1.807, 2.05) is 13.1 Å². The highest BCUT2D eigenvalue weighted by atomic mass is 16.3. The van der Waals surface area contributed by atoms with Gasteiger partial charge >= 0.3 is 0 Å². The number of phenols is 3. The van der Waals surface area contributed by atoms with E-state index >= 15 is 0 Å². The normalized spacial score (nSPS) is 15.1. The number of pyridine rings is 1. The van der Waals surface area contributed by atoms with Gasteiger partial charge in [0, 0.05) is 68.1 Å². The third-order valence-electron chi connectivity index (χ3n) is 6.88. The quantitative estimate of drug-likeness (QED) is 0.356. The first-order valence-corrected chi connectivity index (χ1v) is 12.0. The van der Waals surface area contributed by atoms with Crippen molar-refractivity contribution >= 4 is 16.9 Å². The molecule has 9 heteroatoms. The zero-order valence-corrected chi connectivity index (χ0v) is 20.3. The monoisotopic (exact) mass is 501 g/mol. The molecule has 2 aromatic heterocycles. The van der Waals surface area contributed by atoms with Crippen molar-refractivity contribution in [2.45, 2.75) is 12.3 Å². The summed E-state index contributed by atoms with van der Waals surface area (Å²) >= 11 is 0. The number of carbonyl (C=O) groups excluding carboxylic acids is 1. The standard InChI is InChI=1S/C28H27N3O6/c1-30-11-13-31(14-12-30)22(33)15-19(17-7-9-29-10-8-17)23-25(34)27(36)26(35)24-20(32)16-21(37-28(23)24)18-5-3-2-4-6-18/h2-10,16,19,34-36H,11-15H2,1H3/t19-/m0/s1. The lowest BCUT2D eigenvalue weighted by Gasteiger charge is -2.33. The zero-order valence-electron chi connectivity index (χ0n) is 20.3. The van der Waals surface area contributed by atoms with Gasteiger partial charge in [-0.05, 0) is 24.7 Å². The van der Waals surface area contributed by atoms with Gasteiger partial charge in [-0.1, -0.05) is 30.3 Å². The van der Waals surface area contributed by atoms with Gasteiger partial charge in [-0.3, -0.25) is 14.6 Å². The molecule has 3 heterocycles. The van der Waals surface area contributed by atoms with Crippen molar-refractivity contribution in [2.75, 3.05) is 33.2 Å². The molecular formula is C28H27N3O6. The summed E-state index contributed by atoms with van der Waals surface area (Å²) < 4.78 is 6.14. The molecule has 9 nitrogen and oxygen atoms in total. The first kappa shape index (κ1) is 24.3. The number of amides is 1. The van der Waals surface area contributed by atoms with E-state index in [1.165, 1.54) is 6.07 Å². The van der Waals surface area contributed by atoms with Crippen LogP contribution in [0.4, 0.5) is 0 Å². The largest absolute Gasteiger partial charge is 0.504 e. The Morgan fingerprint density at radius 3 is 2.32 bits per heavy atom. The second kappa shape index (κ2) is 9.94. The van der Waals surface area contributed by atoms with Crippen LogP contribution in [0.1, 0.15) is 23.5 Å². The van der Waals surface area contributed by atoms with Crippen LogP contribution in [0.25, 0.3) is 22.3 Å². The summed E-state index contributed by atoms with van der Waals surface area (Å²) in [6.45, 7) is 2.63. The average molecular weight is 502 g/mol. The molecule has 1 fully saturated rings. The maximum atomic E-state index is 13.4. The van der Waals surface area contributed by atoms with Gasteiger partial charge in [-0.15, -0.1) is 0 Å². The van der Waals surface area contributed by atoms with E-state index in [4.69, 9.17) is 4.42 Å². The Balaban J connectivity index is 1.72. The molecule has 4 aromatic rings. The summed E-state index contributed by atoms with van der Waals surface area (Å²) in [5, 5.41) is 32.1. The predicted octanol–water partition coefficient (Wildman–Crippen LogP) is 3.27. The molecule has 0 unspecified atom stereocenters. The number of fused-ring (bicyclic) bond motifs is 1. The minimum Gasteiger partial charge on any atom is -0.504 e. The molecule has 1 saturated heterocycles. The molecule has 0 bridgehead atoms. The number of piperazine rings is 1. The second-order valence-corrected chi connectivity index (χ2v) is 9.23. The third-order valence-corrected chi connectivity index (χ3v) is 6.88. The molecule has 0 saturated carbocycles. The van der Waals surface area contributed by atoms with Crippen LogP contribution in [0.2, 0.25) is 0 Å². The number of hydrogen-bond donors (Lipinski definition) is 3. The number of phenolic OH excluding ortho intramolecular Hbond substituents is 3. The number of nitrogens with zero attached hydrogens (tertiary/aromatic N) is 3. The highest BCUT2D eigenvalue weighted by Crippen LogP contribution is 2.49. The minimum absolute atomic E-state index is 0.0499. The van der Waals surface area contributed by atoms with Crippen LogP contribution in [-0.4, -0.2) is 69.2 Å². The van der Waals surface area contributed by atoms with Crippen LogP contribution < -0.4 is 5.43 Å². The van der Waals surface area contributed by atoms with Crippen LogP contribution in [0, 0.1) is 0 Å². The van der Waals surface area contributed by atoms with E-state index in [2.05, 4.69) is 9.88 Å². The summed E-state index contributed by atoms with van der Waals surface area (Å²) in [6.07, 6.45) is 3.07. The summed E-state index contributed by atoms with van der Waals surface area (Å²) in [7, 11) is 2.00. The number of aromatic nitrogens is 1.